The SMILES string of the molecule is CC/C=C/C/C=C/C=C/C(O)C/C=C/CCCCC(=O)O. The van der Waals surface area contributed by atoms with Gasteiger partial charge in [-0.25, -0.2) is 0 Å². The summed E-state index contributed by atoms with van der Waals surface area (Å²) >= 11 is 0. The molecule has 0 amide bonds. The van der Waals surface area contributed by atoms with Crippen LogP contribution in [0.1, 0.15) is 51.9 Å². The largest absolute Gasteiger partial charge is 0.481 e. The number of carboxylic acids is 1. The van der Waals surface area contributed by atoms with Gasteiger partial charge in [-0.15, -0.1) is 0 Å². The van der Waals surface area contributed by atoms with E-state index in [1.54, 1.807) is 6.08 Å². The minimum atomic E-state index is -0.738. The molecule has 118 valence electrons. The summed E-state index contributed by atoms with van der Waals surface area (Å²) in [5.41, 5.74) is 0. The van der Waals surface area contributed by atoms with Crippen molar-refractivity contribution in [1.29, 1.82) is 0 Å². The van der Waals surface area contributed by atoms with Crippen molar-refractivity contribution in [1.82, 2.24) is 0 Å². The van der Waals surface area contributed by atoms with Crippen molar-refractivity contribution in [3.63, 3.8) is 0 Å². The van der Waals surface area contributed by atoms with Gasteiger partial charge in [0.2, 0.25) is 0 Å². The first-order valence-electron chi connectivity index (χ1n) is 7.70. The highest BCUT2D eigenvalue weighted by Crippen LogP contribution is 2.03. The predicted molar refractivity (Wildman–Crippen MR) is 88.2 cm³/mol. The third-order valence-corrected chi connectivity index (χ3v) is 2.81. The van der Waals surface area contributed by atoms with Gasteiger partial charge in [0.1, 0.15) is 0 Å². The van der Waals surface area contributed by atoms with E-state index in [4.69, 9.17) is 5.11 Å². The molecule has 0 aromatic rings. The van der Waals surface area contributed by atoms with Crippen molar-refractivity contribution < 1.29 is 15.0 Å². The topological polar surface area (TPSA) is 57.5 Å². The zero-order valence-electron chi connectivity index (χ0n) is 12.9. The van der Waals surface area contributed by atoms with Crippen LogP contribution in [0.25, 0.3) is 0 Å². The summed E-state index contributed by atoms with van der Waals surface area (Å²) in [6.45, 7) is 2.11. The lowest BCUT2D eigenvalue weighted by Gasteiger charge is -1.99. The molecule has 3 nitrogen and oxygen atoms in total. The van der Waals surface area contributed by atoms with Crippen LogP contribution in [-0.2, 0) is 4.79 Å². The second-order valence-corrected chi connectivity index (χ2v) is 4.84. The molecule has 0 aliphatic carbocycles. The molecule has 1 atom stereocenters. The van der Waals surface area contributed by atoms with Crippen LogP contribution < -0.4 is 0 Å². The second kappa shape index (κ2) is 14.8. The second-order valence-electron chi connectivity index (χ2n) is 4.84. The Balaban J connectivity index is 3.62. The van der Waals surface area contributed by atoms with Crippen LogP contribution in [0.15, 0.2) is 48.6 Å². The smallest absolute Gasteiger partial charge is 0.303 e. The van der Waals surface area contributed by atoms with Crippen molar-refractivity contribution in [2.75, 3.05) is 0 Å². The number of rotatable bonds is 12. The maximum absolute atomic E-state index is 10.3. The molecule has 0 bridgehead atoms. The number of carboxylic acid groups (broad SMARTS) is 1. The van der Waals surface area contributed by atoms with Gasteiger partial charge in [-0.3, -0.25) is 4.79 Å². The van der Waals surface area contributed by atoms with Gasteiger partial charge >= 0.3 is 5.97 Å². The van der Waals surface area contributed by atoms with Crippen LogP contribution in [-0.4, -0.2) is 22.3 Å². The summed E-state index contributed by atoms with van der Waals surface area (Å²) in [7, 11) is 0. The average molecular weight is 292 g/mol. The summed E-state index contributed by atoms with van der Waals surface area (Å²) in [5.74, 6) is -0.738. The fourth-order valence-electron chi connectivity index (χ4n) is 1.66. The van der Waals surface area contributed by atoms with Crippen LogP contribution in [0, 0.1) is 0 Å². The number of hydrogen-bond acceptors (Lipinski definition) is 2. The molecule has 0 spiro atoms. The van der Waals surface area contributed by atoms with Crippen molar-refractivity contribution >= 4 is 5.97 Å². The minimum Gasteiger partial charge on any atom is -0.481 e. The highest BCUT2D eigenvalue weighted by atomic mass is 16.4. The molecule has 2 N–H and O–H groups in total. The highest BCUT2D eigenvalue weighted by Gasteiger charge is 1.95. The summed E-state index contributed by atoms with van der Waals surface area (Å²) in [6, 6.07) is 0. The van der Waals surface area contributed by atoms with Crippen LogP contribution in [0.5, 0.6) is 0 Å². The van der Waals surface area contributed by atoms with E-state index in [2.05, 4.69) is 19.1 Å². The summed E-state index contributed by atoms with van der Waals surface area (Å²) in [6.07, 6.45) is 20.6. The lowest BCUT2D eigenvalue weighted by atomic mass is 10.1. The zero-order valence-corrected chi connectivity index (χ0v) is 12.9. The van der Waals surface area contributed by atoms with Gasteiger partial charge in [-0.1, -0.05) is 55.5 Å². The molecule has 0 aromatic carbocycles. The van der Waals surface area contributed by atoms with Crippen molar-refractivity contribution in [2.24, 2.45) is 0 Å². The lowest BCUT2D eigenvalue weighted by molar-refractivity contribution is -0.137. The molecule has 0 fully saturated rings. The molecule has 0 radical (unpaired) electrons. The van der Waals surface area contributed by atoms with Gasteiger partial charge in [0.05, 0.1) is 6.10 Å². The van der Waals surface area contributed by atoms with E-state index in [0.717, 1.165) is 25.7 Å². The number of hydrogen-bond donors (Lipinski definition) is 2. The van der Waals surface area contributed by atoms with Gasteiger partial charge in [0, 0.05) is 6.42 Å². The number of unbranched alkanes of at least 4 members (excludes halogenated alkanes) is 2. The first-order valence-corrected chi connectivity index (χ1v) is 7.70. The van der Waals surface area contributed by atoms with Gasteiger partial charge in [-0.2, -0.15) is 0 Å². The Kier molecular flexibility index (Phi) is 13.7. The zero-order chi connectivity index (χ0) is 15.8. The maximum Gasteiger partial charge on any atom is 0.303 e. The van der Waals surface area contributed by atoms with E-state index in [1.807, 2.05) is 30.4 Å². The lowest BCUT2D eigenvalue weighted by Crippen LogP contribution is -1.98. The fourth-order valence-corrected chi connectivity index (χ4v) is 1.66. The van der Waals surface area contributed by atoms with Gasteiger partial charge in [0.25, 0.3) is 0 Å². The predicted octanol–water partition coefficient (Wildman–Crippen LogP) is 4.41. The molecule has 0 aromatic heterocycles. The Hall–Kier alpha value is -1.61. The van der Waals surface area contributed by atoms with E-state index in [0.29, 0.717) is 12.8 Å². The van der Waals surface area contributed by atoms with Gasteiger partial charge < -0.3 is 10.2 Å². The summed E-state index contributed by atoms with van der Waals surface area (Å²) in [4.78, 5) is 10.3. The molecule has 21 heavy (non-hydrogen) atoms. The molecular formula is C18H28O3. The first kappa shape index (κ1) is 19.4. The molecular weight excluding hydrogens is 264 g/mol. The van der Waals surface area contributed by atoms with E-state index >= 15 is 0 Å². The van der Waals surface area contributed by atoms with Crippen LogP contribution in [0.4, 0.5) is 0 Å². The third kappa shape index (κ3) is 16.3. The maximum atomic E-state index is 10.3. The molecule has 0 aliphatic rings. The average Bonchev–Trinajstić information content (AvgIpc) is 2.45. The summed E-state index contributed by atoms with van der Waals surface area (Å²) in [5, 5.41) is 18.2. The monoisotopic (exact) mass is 292 g/mol. The molecule has 0 heterocycles. The molecule has 0 rings (SSSR count). The van der Waals surface area contributed by atoms with Gasteiger partial charge in [0.15, 0.2) is 0 Å². The van der Waals surface area contributed by atoms with E-state index in [9.17, 15) is 9.90 Å². The molecule has 0 saturated heterocycles. The van der Waals surface area contributed by atoms with Crippen LogP contribution >= 0.6 is 0 Å². The van der Waals surface area contributed by atoms with E-state index in [-0.39, 0.29) is 6.42 Å². The fraction of sp³-hybridized carbons (Fsp3) is 0.500. The van der Waals surface area contributed by atoms with Crippen molar-refractivity contribution in [2.45, 2.75) is 58.0 Å². The minimum absolute atomic E-state index is 0.235. The molecule has 3 heteroatoms. The van der Waals surface area contributed by atoms with Gasteiger partial charge in [-0.05, 0) is 38.5 Å². The third-order valence-electron chi connectivity index (χ3n) is 2.81. The van der Waals surface area contributed by atoms with Crippen molar-refractivity contribution in [3.05, 3.63) is 48.6 Å². The highest BCUT2D eigenvalue weighted by molar-refractivity contribution is 5.66. The normalized spacial score (nSPS) is 14.0. The van der Waals surface area contributed by atoms with Crippen molar-refractivity contribution in [3.8, 4) is 0 Å². The Morgan fingerprint density at radius 2 is 1.86 bits per heavy atom. The Labute approximate surface area is 128 Å². The van der Waals surface area contributed by atoms with E-state index in [1.165, 1.54) is 0 Å². The molecule has 1 unspecified atom stereocenters. The number of allylic oxidation sites excluding steroid dienone is 6. The Morgan fingerprint density at radius 1 is 1.05 bits per heavy atom. The summed E-state index contributed by atoms with van der Waals surface area (Å²) < 4.78 is 0. The molecule has 0 saturated carbocycles. The first-order chi connectivity index (χ1) is 10.2. The standard InChI is InChI=1S/C18H28O3/c1-2-3-4-5-6-8-11-14-17(19)15-12-9-7-10-13-16-18(20)21/h3-4,6,8-9,11-12,14,17,19H,2,5,7,10,13,15-16H2,1H3,(H,20,21)/b4-3+,8-6+,12-9+,14-11+. The number of carbonyl (C=O) groups is 1. The number of aliphatic hydroxyl groups is 1. The van der Waals surface area contributed by atoms with E-state index < -0.39 is 12.1 Å². The quantitative estimate of drug-likeness (QED) is 0.318. The van der Waals surface area contributed by atoms with Crippen LogP contribution in [0.3, 0.4) is 0 Å². The number of aliphatic hydroxyl groups excluding tert-OH is 1. The van der Waals surface area contributed by atoms with Crippen LogP contribution in [0.2, 0.25) is 0 Å². The Bertz CT molecular complexity index is 365. The Morgan fingerprint density at radius 3 is 2.57 bits per heavy atom. The molecule has 0 aliphatic heterocycles. The number of aliphatic carboxylic acids is 1.